The van der Waals surface area contributed by atoms with E-state index in [1.54, 1.807) is 0 Å². The SMILES string of the molecule is Clc1cccc(CN2CCC(c3nnc(C4CC4)o3)CC2)c1. The maximum atomic E-state index is 6.05. The molecule has 1 saturated carbocycles. The van der Waals surface area contributed by atoms with Gasteiger partial charge in [0.15, 0.2) is 0 Å². The number of hydrogen-bond acceptors (Lipinski definition) is 4. The summed E-state index contributed by atoms with van der Waals surface area (Å²) in [5.41, 5.74) is 1.28. The van der Waals surface area contributed by atoms with E-state index in [1.807, 2.05) is 18.2 Å². The molecule has 1 saturated heterocycles. The molecule has 1 aromatic heterocycles. The molecule has 0 bridgehead atoms. The summed E-state index contributed by atoms with van der Waals surface area (Å²) < 4.78 is 5.86. The van der Waals surface area contributed by atoms with Gasteiger partial charge in [0.05, 0.1) is 0 Å². The molecule has 2 fully saturated rings. The molecule has 4 rings (SSSR count). The highest BCUT2D eigenvalue weighted by Crippen LogP contribution is 2.40. The van der Waals surface area contributed by atoms with Gasteiger partial charge in [-0.15, -0.1) is 10.2 Å². The predicted molar refractivity (Wildman–Crippen MR) is 85.0 cm³/mol. The molecular weight excluding hydrogens is 298 g/mol. The Labute approximate surface area is 135 Å². The van der Waals surface area contributed by atoms with Gasteiger partial charge in [-0.3, -0.25) is 4.90 Å². The summed E-state index contributed by atoms with van der Waals surface area (Å²) in [7, 11) is 0. The van der Waals surface area contributed by atoms with Crippen molar-refractivity contribution in [2.75, 3.05) is 13.1 Å². The number of hydrogen-bond donors (Lipinski definition) is 0. The van der Waals surface area contributed by atoms with E-state index in [2.05, 4.69) is 21.2 Å². The van der Waals surface area contributed by atoms with Crippen LogP contribution >= 0.6 is 11.6 Å². The zero-order valence-electron chi connectivity index (χ0n) is 12.5. The van der Waals surface area contributed by atoms with Crippen LogP contribution in [0.4, 0.5) is 0 Å². The normalized spacial score (nSPS) is 20.4. The second-order valence-corrected chi connectivity index (χ2v) is 6.87. The van der Waals surface area contributed by atoms with Crippen LogP contribution in [-0.2, 0) is 6.54 Å². The first-order valence-electron chi connectivity index (χ1n) is 8.08. The van der Waals surface area contributed by atoms with Crippen molar-refractivity contribution in [3.05, 3.63) is 46.6 Å². The third kappa shape index (κ3) is 3.18. The van der Waals surface area contributed by atoms with Gasteiger partial charge < -0.3 is 4.42 Å². The van der Waals surface area contributed by atoms with Gasteiger partial charge in [-0.1, -0.05) is 23.7 Å². The van der Waals surface area contributed by atoms with Gasteiger partial charge in [0, 0.05) is 23.4 Å². The second kappa shape index (κ2) is 6.01. The predicted octanol–water partition coefficient (Wildman–Crippen LogP) is 3.98. The lowest BCUT2D eigenvalue weighted by Gasteiger charge is -2.30. The summed E-state index contributed by atoms with van der Waals surface area (Å²) in [4.78, 5) is 2.47. The summed E-state index contributed by atoms with van der Waals surface area (Å²) in [5, 5.41) is 9.29. The quantitative estimate of drug-likeness (QED) is 0.855. The average Bonchev–Trinajstić information content (AvgIpc) is 3.26. The molecule has 0 amide bonds. The molecule has 0 spiro atoms. The molecule has 1 aromatic carbocycles. The largest absolute Gasteiger partial charge is 0.425 e. The maximum absolute atomic E-state index is 6.05. The van der Waals surface area contributed by atoms with Gasteiger partial charge in [-0.2, -0.15) is 0 Å². The molecular formula is C17H20ClN3O. The minimum atomic E-state index is 0.426. The molecule has 0 unspecified atom stereocenters. The Morgan fingerprint density at radius 1 is 1.05 bits per heavy atom. The average molecular weight is 318 g/mol. The highest BCUT2D eigenvalue weighted by molar-refractivity contribution is 6.30. The monoisotopic (exact) mass is 317 g/mol. The number of likely N-dealkylation sites (tertiary alicyclic amines) is 1. The molecule has 0 radical (unpaired) electrons. The standard InChI is InChI=1S/C17H20ClN3O/c18-15-3-1-2-12(10-15)11-21-8-6-14(7-9-21)17-20-19-16(22-17)13-4-5-13/h1-3,10,13-14H,4-9,11H2. The molecule has 116 valence electrons. The van der Waals surface area contributed by atoms with E-state index in [4.69, 9.17) is 16.0 Å². The number of nitrogens with zero attached hydrogens (tertiary/aromatic N) is 3. The fourth-order valence-corrected chi connectivity index (χ4v) is 3.35. The third-order valence-electron chi connectivity index (χ3n) is 4.61. The Morgan fingerprint density at radius 3 is 2.36 bits per heavy atom. The lowest BCUT2D eigenvalue weighted by molar-refractivity contribution is 0.192. The van der Waals surface area contributed by atoms with Gasteiger partial charge in [-0.05, 0) is 56.5 Å². The molecule has 5 heteroatoms. The summed E-state index contributed by atoms with van der Waals surface area (Å²) in [6.45, 7) is 3.10. The topological polar surface area (TPSA) is 42.2 Å². The summed E-state index contributed by atoms with van der Waals surface area (Å²) >= 11 is 6.05. The summed E-state index contributed by atoms with van der Waals surface area (Å²) in [5.74, 6) is 2.68. The lowest BCUT2D eigenvalue weighted by atomic mass is 9.96. The van der Waals surface area contributed by atoms with Gasteiger partial charge in [0.1, 0.15) is 0 Å². The van der Waals surface area contributed by atoms with E-state index in [1.165, 1.54) is 18.4 Å². The van der Waals surface area contributed by atoms with Crippen LogP contribution in [0.1, 0.15) is 54.9 Å². The zero-order valence-corrected chi connectivity index (χ0v) is 13.3. The third-order valence-corrected chi connectivity index (χ3v) is 4.85. The van der Waals surface area contributed by atoms with E-state index in [9.17, 15) is 0 Å². The van der Waals surface area contributed by atoms with Crippen LogP contribution in [0, 0.1) is 0 Å². The number of rotatable bonds is 4. The molecule has 2 aromatic rings. The van der Waals surface area contributed by atoms with Crippen LogP contribution < -0.4 is 0 Å². The van der Waals surface area contributed by atoms with E-state index in [0.29, 0.717) is 11.8 Å². The van der Waals surface area contributed by atoms with E-state index in [-0.39, 0.29) is 0 Å². The number of aromatic nitrogens is 2. The molecule has 0 N–H and O–H groups in total. The minimum absolute atomic E-state index is 0.426. The van der Waals surface area contributed by atoms with Crippen molar-refractivity contribution in [3.63, 3.8) is 0 Å². The van der Waals surface area contributed by atoms with Crippen LogP contribution in [0.3, 0.4) is 0 Å². The fraction of sp³-hybridized carbons (Fsp3) is 0.529. The van der Waals surface area contributed by atoms with Crippen LogP contribution in [0.25, 0.3) is 0 Å². The summed E-state index contributed by atoms with van der Waals surface area (Å²) in [6.07, 6.45) is 4.60. The Balaban J connectivity index is 1.33. The van der Waals surface area contributed by atoms with E-state index >= 15 is 0 Å². The Hall–Kier alpha value is -1.39. The molecule has 1 aliphatic carbocycles. The van der Waals surface area contributed by atoms with Crippen LogP contribution in [0.15, 0.2) is 28.7 Å². The second-order valence-electron chi connectivity index (χ2n) is 6.43. The Kier molecular flexibility index (Phi) is 3.89. The summed E-state index contributed by atoms with van der Waals surface area (Å²) in [6, 6.07) is 8.12. The first-order valence-corrected chi connectivity index (χ1v) is 8.46. The Bertz CT molecular complexity index is 645. The van der Waals surface area contributed by atoms with Gasteiger partial charge in [-0.25, -0.2) is 0 Å². The van der Waals surface area contributed by atoms with Crippen molar-refractivity contribution >= 4 is 11.6 Å². The molecule has 2 aliphatic rings. The maximum Gasteiger partial charge on any atom is 0.219 e. The van der Waals surface area contributed by atoms with Crippen molar-refractivity contribution in [2.24, 2.45) is 0 Å². The fourth-order valence-electron chi connectivity index (χ4n) is 3.14. The molecule has 2 heterocycles. The lowest BCUT2D eigenvalue weighted by Crippen LogP contribution is -2.32. The van der Waals surface area contributed by atoms with Crippen LogP contribution in [0.5, 0.6) is 0 Å². The van der Waals surface area contributed by atoms with Crippen LogP contribution in [-0.4, -0.2) is 28.2 Å². The highest BCUT2D eigenvalue weighted by atomic mass is 35.5. The highest BCUT2D eigenvalue weighted by Gasteiger charge is 2.31. The Morgan fingerprint density at radius 2 is 1.73 bits per heavy atom. The van der Waals surface area contributed by atoms with Crippen LogP contribution in [0.2, 0.25) is 5.02 Å². The molecule has 0 atom stereocenters. The van der Waals surface area contributed by atoms with Crippen molar-refractivity contribution in [1.82, 2.24) is 15.1 Å². The molecule has 1 aliphatic heterocycles. The minimum Gasteiger partial charge on any atom is -0.425 e. The van der Waals surface area contributed by atoms with Crippen molar-refractivity contribution < 1.29 is 4.42 Å². The first kappa shape index (κ1) is 14.2. The van der Waals surface area contributed by atoms with Gasteiger partial charge in [0.25, 0.3) is 0 Å². The zero-order chi connectivity index (χ0) is 14.9. The van der Waals surface area contributed by atoms with E-state index < -0.39 is 0 Å². The first-order chi connectivity index (χ1) is 10.8. The number of benzene rings is 1. The molecule has 22 heavy (non-hydrogen) atoms. The number of halogens is 1. The van der Waals surface area contributed by atoms with Gasteiger partial charge in [0.2, 0.25) is 11.8 Å². The van der Waals surface area contributed by atoms with E-state index in [0.717, 1.165) is 49.3 Å². The van der Waals surface area contributed by atoms with Crippen molar-refractivity contribution in [3.8, 4) is 0 Å². The molecule has 4 nitrogen and oxygen atoms in total. The van der Waals surface area contributed by atoms with Crippen molar-refractivity contribution in [1.29, 1.82) is 0 Å². The van der Waals surface area contributed by atoms with Crippen molar-refractivity contribution in [2.45, 2.75) is 44.1 Å². The smallest absolute Gasteiger partial charge is 0.219 e. The number of piperidine rings is 1. The van der Waals surface area contributed by atoms with Gasteiger partial charge >= 0.3 is 0 Å².